The van der Waals surface area contributed by atoms with Gasteiger partial charge in [-0.05, 0) is 51.4 Å². The lowest BCUT2D eigenvalue weighted by Crippen LogP contribution is -2.56. The van der Waals surface area contributed by atoms with Crippen molar-refractivity contribution in [2.45, 2.75) is 141 Å². The van der Waals surface area contributed by atoms with Crippen molar-refractivity contribution in [2.75, 3.05) is 0 Å². The Kier molecular flexibility index (Phi) is 10.1. The Hall–Kier alpha value is -1.59. The Morgan fingerprint density at radius 2 is 1.03 bits per heavy atom. The molecule has 0 heterocycles. The van der Waals surface area contributed by atoms with Gasteiger partial charge < -0.3 is 16.0 Å². The van der Waals surface area contributed by atoms with E-state index in [1.54, 1.807) is 0 Å². The molecule has 1 atom stereocenters. The van der Waals surface area contributed by atoms with Crippen LogP contribution in [0.25, 0.3) is 0 Å². The molecule has 3 N–H and O–H groups in total. The summed E-state index contributed by atoms with van der Waals surface area (Å²) in [6.07, 6.45) is 17.1. The molecule has 3 saturated carbocycles. The predicted octanol–water partition coefficient (Wildman–Crippen LogP) is 4.76. The summed E-state index contributed by atoms with van der Waals surface area (Å²) in [7, 11) is 0. The SMILES string of the molecule is CCC(CC(C)C(=O)NC1CCCCC1)(C(=O)NC1CCCCC1)C(=O)NC1CCCCC1. The smallest absolute Gasteiger partial charge is 0.235 e. The Morgan fingerprint density at radius 1 is 0.667 bits per heavy atom. The zero-order valence-corrected chi connectivity index (χ0v) is 21.1. The molecule has 6 nitrogen and oxygen atoms in total. The lowest BCUT2D eigenvalue weighted by Gasteiger charge is -2.36. The van der Waals surface area contributed by atoms with Crippen LogP contribution in [-0.2, 0) is 14.4 Å². The lowest BCUT2D eigenvalue weighted by molar-refractivity contribution is -0.147. The average molecular weight is 462 g/mol. The van der Waals surface area contributed by atoms with Crippen LogP contribution >= 0.6 is 0 Å². The average Bonchev–Trinajstić information content (AvgIpc) is 2.84. The van der Waals surface area contributed by atoms with Crippen molar-refractivity contribution in [3.63, 3.8) is 0 Å². The molecule has 0 aromatic rings. The molecule has 33 heavy (non-hydrogen) atoms. The highest BCUT2D eigenvalue weighted by atomic mass is 16.2. The van der Waals surface area contributed by atoms with E-state index in [0.717, 1.165) is 77.0 Å². The van der Waals surface area contributed by atoms with Crippen LogP contribution in [0, 0.1) is 11.3 Å². The zero-order chi connectivity index (χ0) is 23.7. The Balaban J connectivity index is 1.72. The first kappa shape index (κ1) is 26.0. The minimum atomic E-state index is -1.20. The summed E-state index contributed by atoms with van der Waals surface area (Å²) in [6.45, 7) is 3.80. The molecule has 0 aromatic heterocycles. The van der Waals surface area contributed by atoms with Gasteiger partial charge in [-0.1, -0.05) is 71.6 Å². The molecule has 6 heteroatoms. The van der Waals surface area contributed by atoms with Crippen molar-refractivity contribution in [2.24, 2.45) is 11.3 Å². The first-order valence-electron chi connectivity index (χ1n) is 13.9. The zero-order valence-electron chi connectivity index (χ0n) is 21.1. The molecule has 3 fully saturated rings. The standard InChI is InChI=1S/C27H47N3O3/c1-3-27(25(32)29-22-15-9-5-10-16-22,26(33)30-23-17-11-6-12-18-23)19-20(2)24(31)28-21-13-7-4-8-14-21/h20-23H,3-19H2,1-2H3,(H,28,31)(H,29,32)(H,30,33). The molecule has 0 saturated heterocycles. The molecule has 0 spiro atoms. The van der Waals surface area contributed by atoms with Gasteiger partial charge in [-0.25, -0.2) is 0 Å². The molecule has 0 aliphatic heterocycles. The van der Waals surface area contributed by atoms with Crippen LogP contribution in [0.5, 0.6) is 0 Å². The van der Waals surface area contributed by atoms with Crippen LogP contribution in [0.2, 0.25) is 0 Å². The molecular weight excluding hydrogens is 414 g/mol. The first-order chi connectivity index (χ1) is 15.9. The summed E-state index contributed by atoms with van der Waals surface area (Å²) in [5, 5.41) is 9.65. The Bertz CT molecular complexity index is 615. The van der Waals surface area contributed by atoms with Gasteiger partial charge in [-0.15, -0.1) is 0 Å². The predicted molar refractivity (Wildman–Crippen MR) is 132 cm³/mol. The van der Waals surface area contributed by atoms with Gasteiger partial charge in [0, 0.05) is 24.0 Å². The summed E-state index contributed by atoms with van der Waals surface area (Å²) in [5.41, 5.74) is -1.20. The fourth-order valence-electron chi connectivity index (χ4n) is 6.10. The maximum Gasteiger partial charge on any atom is 0.235 e. The van der Waals surface area contributed by atoms with Gasteiger partial charge in [0.2, 0.25) is 17.7 Å². The van der Waals surface area contributed by atoms with Gasteiger partial charge in [-0.3, -0.25) is 14.4 Å². The van der Waals surface area contributed by atoms with Crippen molar-refractivity contribution < 1.29 is 14.4 Å². The van der Waals surface area contributed by atoms with E-state index in [9.17, 15) is 14.4 Å². The highest BCUT2D eigenvalue weighted by Crippen LogP contribution is 2.34. The van der Waals surface area contributed by atoms with Gasteiger partial charge in [0.05, 0.1) is 0 Å². The molecule has 0 aromatic carbocycles. The molecular formula is C27H47N3O3. The monoisotopic (exact) mass is 461 g/mol. The number of rotatable bonds is 9. The number of carbonyl (C=O) groups is 3. The van der Waals surface area contributed by atoms with Crippen LogP contribution in [0.3, 0.4) is 0 Å². The Morgan fingerprint density at radius 3 is 1.39 bits per heavy atom. The molecule has 0 bridgehead atoms. The number of hydrogen-bond acceptors (Lipinski definition) is 3. The largest absolute Gasteiger partial charge is 0.353 e. The van der Waals surface area contributed by atoms with E-state index in [-0.39, 0.29) is 48.2 Å². The maximum atomic E-state index is 13.7. The summed E-state index contributed by atoms with van der Waals surface area (Å²) >= 11 is 0. The van der Waals surface area contributed by atoms with E-state index in [1.807, 2.05) is 13.8 Å². The number of nitrogens with one attached hydrogen (secondary N) is 3. The molecule has 3 aliphatic rings. The minimum absolute atomic E-state index is 0.0179. The van der Waals surface area contributed by atoms with Crippen molar-refractivity contribution in [3.8, 4) is 0 Å². The van der Waals surface area contributed by atoms with E-state index < -0.39 is 5.41 Å². The van der Waals surface area contributed by atoms with Crippen molar-refractivity contribution >= 4 is 17.7 Å². The number of carbonyl (C=O) groups excluding carboxylic acids is 3. The van der Waals surface area contributed by atoms with E-state index in [0.29, 0.717) is 6.42 Å². The van der Waals surface area contributed by atoms with Crippen molar-refractivity contribution in [1.29, 1.82) is 0 Å². The van der Waals surface area contributed by atoms with Gasteiger partial charge >= 0.3 is 0 Å². The van der Waals surface area contributed by atoms with Crippen LogP contribution in [0.15, 0.2) is 0 Å². The third kappa shape index (κ3) is 7.19. The van der Waals surface area contributed by atoms with E-state index >= 15 is 0 Å². The van der Waals surface area contributed by atoms with E-state index in [1.165, 1.54) is 19.3 Å². The quantitative estimate of drug-likeness (QED) is 0.433. The van der Waals surface area contributed by atoms with Crippen LogP contribution in [-0.4, -0.2) is 35.8 Å². The molecule has 1 unspecified atom stereocenters. The molecule has 188 valence electrons. The molecule has 3 rings (SSSR count). The van der Waals surface area contributed by atoms with Gasteiger partial charge in [0.15, 0.2) is 0 Å². The number of amides is 3. The third-order valence-corrected chi connectivity index (χ3v) is 8.41. The molecule has 0 radical (unpaired) electrons. The van der Waals surface area contributed by atoms with Gasteiger partial charge in [-0.2, -0.15) is 0 Å². The topological polar surface area (TPSA) is 87.3 Å². The van der Waals surface area contributed by atoms with Crippen LogP contribution in [0.4, 0.5) is 0 Å². The summed E-state index contributed by atoms with van der Waals surface area (Å²) in [4.78, 5) is 40.4. The van der Waals surface area contributed by atoms with Crippen molar-refractivity contribution in [1.82, 2.24) is 16.0 Å². The second-order valence-electron chi connectivity index (χ2n) is 11.0. The highest BCUT2D eigenvalue weighted by molar-refractivity contribution is 6.05. The van der Waals surface area contributed by atoms with Gasteiger partial charge in [0.25, 0.3) is 0 Å². The highest BCUT2D eigenvalue weighted by Gasteiger charge is 2.47. The molecule has 3 amide bonds. The maximum absolute atomic E-state index is 13.7. The fraction of sp³-hybridized carbons (Fsp3) is 0.889. The second kappa shape index (κ2) is 12.8. The third-order valence-electron chi connectivity index (χ3n) is 8.41. The van der Waals surface area contributed by atoms with Crippen LogP contribution < -0.4 is 16.0 Å². The summed E-state index contributed by atoms with van der Waals surface area (Å²) in [6, 6.07) is 0.522. The first-order valence-corrected chi connectivity index (χ1v) is 13.9. The molecule has 3 aliphatic carbocycles. The number of hydrogen-bond donors (Lipinski definition) is 3. The van der Waals surface area contributed by atoms with Gasteiger partial charge in [0.1, 0.15) is 5.41 Å². The Labute approximate surface area is 200 Å². The minimum Gasteiger partial charge on any atom is -0.353 e. The normalized spacial score (nSPS) is 22.4. The lowest BCUT2D eigenvalue weighted by atomic mass is 9.74. The fourth-order valence-corrected chi connectivity index (χ4v) is 6.10. The van der Waals surface area contributed by atoms with E-state index in [4.69, 9.17) is 0 Å². The van der Waals surface area contributed by atoms with Crippen molar-refractivity contribution in [3.05, 3.63) is 0 Å². The summed E-state index contributed by atoms with van der Waals surface area (Å²) in [5.74, 6) is -0.762. The summed E-state index contributed by atoms with van der Waals surface area (Å²) < 4.78 is 0. The van der Waals surface area contributed by atoms with E-state index in [2.05, 4.69) is 16.0 Å². The van der Waals surface area contributed by atoms with Crippen LogP contribution in [0.1, 0.15) is 123 Å². The second-order valence-corrected chi connectivity index (χ2v) is 11.0.